The molecule has 0 spiro atoms. The molecule has 5 nitrogen and oxygen atoms in total. The van der Waals surface area contributed by atoms with Crippen molar-refractivity contribution in [1.82, 2.24) is 14.8 Å². The molecule has 102 valence electrons. The molecule has 6 heteroatoms. The average Bonchev–Trinajstić information content (AvgIpc) is 2.55. The fourth-order valence-electron chi connectivity index (χ4n) is 2.36. The number of hydrogen-bond acceptors (Lipinski definition) is 4. The van der Waals surface area contributed by atoms with Gasteiger partial charge < -0.3 is 5.11 Å². The number of aliphatic hydroxyl groups excluding tert-OH is 1. The Morgan fingerprint density at radius 3 is 2.83 bits per heavy atom. The summed E-state index contributed by atoms with van der Waals surface area (Å²) < 4.78 is 1.66. The molecule has 18 heavy (non-hydrogen) atoms. The number of rotatable bonds is 3. The van der Waals surface area contributed by atoms with Crippen LogP contribution in [0.5, 0.6) is 0 Å². The first-order chi connectivity index (χ1) is 8.59. The van der Waals surface area contributed by atoms with Crippen molar-refractivity contribution in [2.75, 3.05) is 0 Å². The van der Waals surface area contributed by atoms with Crippen molar-refractivity contribution in [3.05, 3.63) is 10.5 Å². The molecular weight excluding hydrogens is 250 g/mol. The van der Waals surface area contributed by atoms with Crippen LogP contribution >= 0.6 is 11.8 Å². The molecule has 0 bridgehead atoms. The summed E-state index contributed by atoms with van der Waals surface area (Å²) >= 11 is 1.53. The Kier molecular flexibility index (Phi) is 4.50. The Balaban J connectivity index is 2.15. The second kappa shape index (κ2) is 5.93. The van der Waals surface area contributed by atoms with Gasteiger partial charge >= 0.3 is 5.69 Å². The molecule has 1 aromatic heterocycles. The lowest BCUT2D eigenvalue weighted by Gasteiger charge is -2.19. The summed E-state index contributed by atoms with van der Waals surface area (Å²) in [6, 6.07) is 0.0849. The standard InChI is InChI=1S/C12H21N3O2S/c1-8(2)15-11(17)13-14-12(15)18-10-7-5-3-4-6-9(10)16/h8-10,16H,3-7H2,1-2H3,(H,13,17). The Bertz CT molecular complexity index is 441. The number of aromatic nitrogens is 3. The molecule has 1 saturated carbocycles. The maximum atomic E-state index is 11.6. The number of H-pyrrole nitrogens is 1. The molecular formula is C12H21N3O2S. The van der Waals surface area contributed by atoms with Gasteiger partial charge in [0.1, 0.15) is 0 Å². The van der Waals surface area contributed by atoms with Crippen molar-refractivity contribution in [2.45, 2.75) is 68.5 Å². The molecule has 1 aliphatic carbocycles. The average molecular weight is 271 g/mol. The third-order valence-corrected chi connectivity index (χ3v) is 4.71. The van der Waals surface area contributed by atoms with Crippen LogP contribution in [0.4, 0.5) is 0 Å². The van der Waals surface area contributed by atoms with E-state index in [1.165, 1.54) is 18.2 Å². The molecule has 0 saturated heterocycles. The van der Waals surface area contributed by atoms with Crippen LogP contribution in [0.1, 0.15) is 52.0 Å². The van der Waals surface area contributed by atoms with Crippen LogP contribution in [-0.4, -0.2) is 31.2 Å². The fourth-order valence-corrected chi connectivity index (χ4v) is 3.71. The molecule has 2 atom stereocenters. The van der Waals surface area contributed by atoms with Gasteiger partial charge in [-0.05, 0) is 26.7 Å². The molecule has 1 heterocycles. The van der Waals surface area contributed by atoms with E-state index in [1.54, 1.807) is 4.57 Å². The normalized spacial score (nSPS) is 25.3. The summed E-state index contributed by atoms with van der Waals surface area (Å²) in [5, 5.41) is 17.5. The lowest BCUT2D eigenvalue weighted by molar-refractivity contribution is 0.163. The predicted molar refractivity (Wildman–Crippen MR) is 72.0 cm³/mol. The van der Waals surface area contributed by atoms with Crippen LogP contribution < -0.4 is 5.69 Å². The minimum atomic E-state index is -0.287. The number of aromatic amines is 1. The summed E-state index contributed by atoms with van der Waals surface area (Å²) in [5.41, 5.74) is -0.171. The quantitative estimate of drug-likeness (QED) is 0.824. The van der Waals surface area contributed by atoms with Crippen molar-refractivity contribution in [1.29, 1.82) is 0 Å². The van der Waals surface area contributed by atoms with Crippen molar-refractivity contribution >= 4 is 11.8 Å². The third-order valence-electron chi connectivity index (χ3n) is 3.36. The van der Waals surface area contributed by atoms with E-state index >= 15 is 0 Å². The first-order valence-electron chi connectivity index (χ1n) is 6.61. The van der Waals surface area contributed by atoms with Crippen molar-refractivity contribution in [3.8, 4) is 0 Å². The second-order valence-corrected chi connectivity index (χ2v) is 6.34. The number of aliphatic hydroxyl groups is 1. The Labute approximate surface area is 111 Å². The summed E-state index contributed by atoms with van der Waals surface area (Å²) in [7, 11) is 0. The summed E-state index contributed by atoms with van der Waals surface area (Å²) in [4.78, 5) is 11.6. The Morgan fingerprint density at radius 2 is 2.11 bits per heavy atom. The monoisotopic (exact) mass is 271 g/mol. The number of thioether (sulfide) groups is 1. The van der Waals surface area contributed by atoms with Crippen molar-refractivity contribution in [2.24, 2.45) is 0 Å². The first kappa shape index (κ1) is 13.7. The Hall–Kier alpha value is -0.750. The van der Waals surface area contributed by atoms with Crippen molar-refractivity contribution < 1.29 is 5.11 Å². The van der Waals surface area contributed by atoms with E-state index in [9.17, 15) is 9.90 Å². The van der Waals surface area contributed by atoms with E-state index in [0.29, 0.717) is 5.16 Å². The van der Waals surface area contributed by atoms with E-state index in [0.717, 1.165) is 25.7 Å². The zero-order valence-corrected chi connectivity index (χ0v) is 11.7. The van der Waals surface area contributed by atoms with Crippen LogP contribution in [0.2, 0.25) is 0 Å². The lowest BCUT2D eigenvalue weighted by atomic mass is 10.1. The van der Waals surface area contributed by atoms with Gasteiger partial charge in [-0.1, -0.05) is 31.0 Å². The largest absolute Gasteiger partial charge is 0.392 e. The molecule has 0 aliphatic heterocycles. The van der Waals surface area contributed by atoms with E-state index < -0.39 is 0 Å². The maximum absolute atomic E-state index is 11.6. The minimum absolute atomic E-state index is 0.0849. The van der Waals surface area contributed by atoms with E-state index in [1.807, 2.05) is 13.8 Å². The van der Waals surface area contributed by atoms with Gasteiger partial charge in [-0.25, -0.2) is 9.89 Å². The van der Waals surface area contributed by atoms with Crippen LogP contribution in [0.25, 0.3) is 0 Å². The highest BCUT2D eigenvalue weighted by Gasteiger charge is 2.25. The minimum Gasteiger partial charge on any atom is -0.392 e. The fraction of sp³-hybridized carbons (Fsp3) is 0.833. The molecule has 2 N–H and O–H groups in total. The zero-order valence-electron chi connectivity index (χ0n) is 10.9. The molecule has 0 amide bonds. The van der Waals surface area contributed by atoms with Gasteiger partial charge in [0.25, 0.3) is 0 Å². The van der Waals surface area contributed by atoms with Gasteiger partial charge in [0.15, 0.2) is 5.16 Å². The van der Waals surface area contributed by atoms with E-state index in [4.69, 9.17) is 0 Å². The van der Waals surface area contributed by atoms with Gasteiger partial charge in [-0.15, -0.1) is 5.10 Å². The highest BCUT2D eigenvalue weighted by atomic mass is 32.2. The third kappa shape index (κ3) is 2.98. The van der Waals surface area contributed by atoms with Crippen LogP contribution in [0.3, 0.4) is 0 Å². The molecule has 0 aromatic carbocycles. The van der Waals surface area contributed by atoms with Crippen LogP contribution in [0.15, 0.2) is 9.95 Å². The topological polar surface area (TPSA) is 70.9 Å². The van der Waals surface area contributed by atoms with E-state index in [-0.39, 0.29) is 23.1 Å². The van der Waals surface area contributed by atoms with E-state index in [2.05, 4.69) is 10.2 Å². The molecule has 1 fully saturated rings. The molecule has 0 radical (unpaired) electrons. The van der Waals surface area contributed by atoms with Gasteiger partial charge in [-0.3, -0.25) is 4.57 Å². The van der Waals surface area contributed by atoms with Crippen LogP contribution in [0, 0.1) is 0 Å². The van der Waals surface area contributed by atoms with Gasteiger partial charge in [-0.2, -0.15) is 0 Å². The maximum Gasteiger partial charge on any atom is 0.344 e. The van der Waals surface area contributed by atoms with Gasteiger partial charge in [0.2, 0.25) is 0 Å². The van der Waals surface area contributed by atoms with Crippen molar-refractivity contribution in [3.63, 3.8) is 0 Å². The summed E-state index contributed by atoms with van der Waals surface area (Å²) in [6.07, 6.45) is 4.98. The predicted octanol–water partition coefficient (Wildman–Crippen LogP) is 1.94. The first-order valence-corrected chi connectivity index (χ1v) is 7.49. The number of hydrogen-bond donors (Lipinski definition) is 2. The Morgan fingerprint density at radius 1 is 1.39 bits per heavy atom. The molecule has 2 unspecified atom stereocenters. The summed E-state index contributed by atoms with van der Waals surface area (Å²) in [6.45, 7) is 3.93. The van der Waals surface area contributed by atoms with Gasteiger partial charge in [0, 0.05) is 11.3 Å². The molecule has 2 rings (SSSR count). The molecule has 1 aromatic rings. The lowest BCUT2D eigenvalue weighted by Crippen LogP contribution is -2.24. The summed E-state index contributed by atoms with van der Waals surface area (Å²) in [5.74, 6) is 0. The van der Waals surface area contributed by atoms with Gasteiger partial charge in [0.05, 0.1) is 6.10 Å². The second-order valence-electron chi connectivity index (χ2n) is 5.14. The SMILES string of the molecule is CC(C)n1c(SC2CCCCCC2O)n[nH]c1=O. The zero-order chi connectivity index (χ0) is 13.1. The van der Waals surface area contributed by atoms with Crippen LogP contribution in [-0.2, 0) is 0 Å². The highest BCUT2D eigenvalue weighted by Crippen LogP contribution is 2.32. The number of nitrogens with zero attached hydrogens (tertiary/aromatic N) is 2. The highest BCUT2D eigenvalue weighted by molar-refractivity contribution is 7.99. The number of nitrogens with one attached hydrogen (secondary N) is 1. The molecule has 1 aliphatic rings. The smallest absolute Gasteiger partial charge is 0.344 e.